The number of aromatic nitrogens is 1. The highest BCUT2D eigenvalue weighted by Crippen LogP contribution is 2.52. The van der Waals surface area contributed by atoms with Crippen LogP contribution < -0.4 is 0 Å². The molecular weight excluding hydrogens is 501 g/mol. The van der Waals surface area contributed by atoms with Gasteiger partial charge >= 0.3 is 6.47 Å². The first-order valence-electron chi connectivity index (χ1n) is 11.0. The molecule has 5 nitrogen and oxygen atoms in total. The number of carbonyl (C=O) groups is 1. The van der Waals surface area contributed by atoms with E-state index in [0.29, 0.717) is 16.5 Å². The van der Waals surface area contributed by atoms with Crippen LogP contribution >= 0.6 is 34.5 Å². The molecule has 4 aromatic rings. The van der Waals surface area contributed by atoms with Crippen molar-refractivity contribution in [2.75, 3.05) is 0 Å². The lowest BCUT2D eigenvalue weighted by atomic mass is 9.94. The lowest BCUT2D eigenvalue weighted by Crippen LogP contribution is -2.40. The van der Waals surface area contributed by atoms with Gasteiger partial charge in [-0.05, 0) is 30.2 Å². The topological polar surface area (TPSA) is 45.7 Å². The van der Waals surface area contributed by atoms with Crippen LogP contribution in [0.15, 0.2) is 90.4 Å². The summed E-state index contributed by atoms with van der Waals surface area (Å²) in [5.74, 6) is 0. The highest BCUT2D eigenvalue weighted by Gasteiger charge is 2.46. The summed E-state index contributed by atoms with van der Waals surface area (Å²) in [6.07, 6.45) is 1.79. The number of benzene rings is 3. The van der Waals surface area contributed by atoms with Crippen molar-refractivity contribution in [3.05, 3.63) is 122 Å². The summed E-state index contributed by atoms with van der Waals surface area (Å²) in [4.78, 5) is 22.2. The molecule has 2 heterocycles. The molecule has 0 N–H and O–H groups in total. The average molecular weight is 522 g/mol. The standard InChI is InChI=1S/C27H21Cl2N3O2S/c1-18(21-12-13-22(28)23(29)16-21)31-26(27-30-14-15-35-27)24(19-8-4-2-5-9-19)25(32(31)34-17-33)20-10-6-3-7-11-20/h2-18,26H,1H3. The minimum atomic E-state index is -0.322. The predicted octanol–water partition coefficient (Wildman–Crippen LogP) is 7.44. The second-order valence-electron chi connectivity index (χ2n) is 7.97. The minimum Gasteiger partial charge on any atom is -0.328 e. The van der Waals surface area contributed by atoms with E-state index in [1.165, 1.54) is 0 Å². The van der Waals surface area contributed by atoms with Crippen molar-refractivity contribution in [1.29, 1.82) is 0 Å². The van der Waals surface area contributed by atoms with Crippen molar-refractivity contribution < 1.29 is 9.63 Å². The zero-order valence-corrected chi connectivity index (χ0v) is 21.0. The third kappa shape index (κ3) is 4.46. The molecule has 35 heavy (non-hydrogen) atoms. The van der Waals surface area contributed by atoms with Crippen LogP contribution in [0.5, 0.6) is 0 Å². The predicted molar refractivity (Wildman–Crippen MR) is 140 cm³/mol. The molecule has 0 amide bonds. The first kappa shape index (κ1) is 23.6. The summed E-state index contributed by atoms with van der Waals surface area (Å²) in [5.41, 5.74) is 4.60. The van der Waals surface area contributed by atoms with Crippen LogP contribution in [-0.4, -0.2) is 21.6 Å². The van der Waals surface area contributed by atoms with Crippen LogP contribution in [0.25, 0.3) is 11.3 Å². The Bertz CT molecular complexity index is 1350. The molecule has 1 aromatic heterocycles. The van der Waals surface area contributed by atoms with Crippen molar-refractivity contribution in [2.45, 2.75) is 19.0 Å². The van der Waals surface area contributed by atoms with Crippen LogP contribution in [0.2, 0.25) is 10.0 Å². The third-order valence-electron chi connectivity index (χ3n) is 5.98. The van der Waals surface area contributed by atoms with Crippen molar-refractivity contribution in [3.63, 3.8) is 0 Å². The molecule has 3 aromatic carbocycles. The van der Waals surface area contributed by atoms with Crippen molar-refractivity contribution >= 4 is 52.3 Å². The molecule has 1 aliphatic rings. The van der Waals surface area contributed by atoms with Gasteiger partial charge in [-0.3, -0.25) is 4.79 Å². The smallest absolute Gasteiger partial charge is 0.322 e. The second-order valence-corrected chi connectivity index (χ2v) is 9.71. The third-order valence-corrected chi connectivity index (χ3v) is 7.54. The largest absolute Gasteiger partial charge is 0.328 e. The zero-order chi connectivity index (χ0) is 24.4. The summed E-state index contributed by atoms with van der Waals surface area (Å²) in [6.45, 7) is 2.49. The fraction of sp³-hybridized carbons (Fsp3) is 0.111. The Labute approximate surface area is 217 Å². The maximum Gasteiger partial charge on any atom is 0.322 e. The Morgan fingerprint density at radius 1 is 0.971 bits per heavy atom. The minimum absolute atomic E-state index is 0.251. The number of hydrogen-bond acceptors (Lipinski definition) is 6. The zero-order valence-electron chi connectivity index (χ0n) is 18.7. The number of halogens is 2. The quantitative estimate of drug-likeness (QED) is 0.236. The van der Waals surface area contributed by atoms with Gasteiger partial charge in [-0.15, -0.1) is 16.5 Å². The van der Waals surface area contributed by atoms with E-state index in [1.807, 2.05) is 78.0 Å². The molecule has 0 spiro atoms. The lowest BCUT2D eigenvalue weighted by molar-refractivity contribution is -0.233. The molecule has 0 saturated carbocycles. The molecule has 0 radical (unpaired) electrons. The molecule has 0 saturated heterocycles. The van der Waals surface area contributed by atoms with E-state index in [4.69, 9.17) is 28.0 Å². The highest BCUT2D eigenvalue weighted by atomic mass is 35.5. The number of hydroxylamine groups is 1. The van der Waals surface area contributed by atoms with E-state index in [2.05, 4.69) is 17.1 Å². The van der Waals surface area contributed by atoms with Gasteiger partial charge in [0.1, 0.15) is 16.7 Å². The van der Waals surface area contributed by atoms with E-state index >= 15 is 0 Å². The van der Waals surface area contributed by atoms with Crippen LogP contribution in [0.3, 0.4) is 0 Å². The number of nitrogens with zero attached hydrogens (tertiary/aromatic N) is 3. The Morgan fingerprint density at radius 3 is 2.26 bits per heavy atom. The van der Waals surface area contributed by atoms with E-state index in [9.17, 15) is 4.79 Å². The van der Waals surface area contributed by atoms with E-state index in [-0.39, 0.29) is 12.1 Å². The molecule has 2 atom stereocenters. The van der Waals surface area contributed by atoms with Gasteiger partial charge in [0.25, 0.3) is 0 Å². The van der Waals surface area contributed by atoms with Gasteiger partial charge in [-0.25, -0.2) is 4.98 Å². The van der Waals surface area contributed by atoms with E-state index < -0.39 is 0 Å². The average Bonchev–Trinajstić information content (AvgIpc) is 3.53. The number of carbonyl (C=O) groups excluding carboxylic acids is 1. The Kier molecular flexibility index (Phi) is 6.88. The number of thiazole rings is 1. The van der Waals surface area contributed by atoms with Crippen molar-refractivity contribution in [1.82, 2.24) is 15.2 Å². The molecule has 2 unspecified atom stereocenters. The Balaban J connectivity index is 1.77. The summed E-state index contributed by atoms with van der Waals surface area (Å²) in [6, 6.07) is 25.0. The molecule has 1 aliphatic heterocycles. The van der Waals surface area contributed by atoms with Crippen LogP contribution in [0.1, 0.15) is 40.7 Å². The van der Waals surface area contributed by atoms with Gasteiger partial charge in [0.05, 0.1) is 16.1 Å². The van der Waals surface area contributed by atoms with Crippen molar-refractivity contribution in [3.8, 4) is 0 Å². The normalized spacial score (nSPS) is 17.0. The van der Waals surface area contributed by atoms with Crippen molar-refractivity contribution in [2.24, 2.45) is 0 Å². The first-order valence-corrected chi connectivity index (χ1v) is 12.6. The SMILES string of the molecule is CC(c1ccc(Cl)c(Cl)c1)N1C(c2nccs2)C(c2ccccc2)=C(c2ccccc2)N1OC=O. The first-order chi connectivity index (χ1) is 17.1. The van der Waals surface area contributed by atoms with Gasteiger partial charge in [0.15, 0.2) is 0 Å². The fourth-order valence-corrected chi connectivity index (χ4v) is 5.46. The monoisotopic (exact) mass is 521 g/mol. The fourth-order valence-electron chi connectivity index (χ4n) is 4.42. The summed E-state index contributed by atoms with van der Waals surface area (Å²) in [5, 5.41) is 7.38. The summed E-state index contributed by atoms with van der Waals surface area (Å²) >= 11 is 14.1. The molecule has 0 aliphatic carbocycles. The molecule has 0 bridgehead atoms. The second kappa shape index (κ2) is 10.2. The van der Waals surface area contributed by atoms with Gasteiger partial charge in [-0.1, -0.05) is 89.9 Å². The van der Waals surface area contributed by atoms with Crippen LogP contribution in [0, 0.1) is 0 Å². The van der Waals surface area contributed by atoms with E-state index in [1.54, 1.807) is 28.8 Å². The number of hydrogen-bond donors (Lipinski definition) is 0. The molecule has 5 rings (SSSR count). The Morgan fingerprint density at radius 2 is 1.66 bits per heavy atom. The number of hydrazine groups is 1. The maximum absolute atomic E-state index is 11.8. The molecular formula is C27H21Cl2N3O2S. The molecule has 176 valence electrons. The summed E-state index contributed by atoms with van der Waals surface area (Å²) in [7, 11) is 0. The van der Waals surface area contributed by atoms with Gasteiger partial charge < -0.3 is 4.84 Å². The summed E-state index contributed by atoms with van der Waals surface area (Å²) < 4.78 is 0. The molecule has 0 fully saturated rings. The van der Waals surface area contributed by atoms with Gasteiger partial charge in [0.2, 0.25) is 0 Å². The van der Waals surface area contributed by atoms with Crippen LogP contribution in [0.4, 0.5) is 0 Å². The van der Waals surface area contributed by atoms with Crippen LogP contribution in [-0.2, 0) is 9.63 Å². The van der Waals surface area contributed by atoms with E-state index in [0.717, 1.165) is 33.0 Å². The lowest BCUT2D eigenvalue weighted by Gasteiger charge is -2.36. The van der Waals surface area contributed by atoms with Gasteiger partial charge in [-0.2, -0.15) is 5.01 Å². The highest BCUT2D eigenvalue weighted by molar-refractivity contribution is 7.09. The Hall–Kier alpha value is -3.16. The number of rotatable bonds is 7. The van der Waals surface area contributed by atoms with Gasteiger partial charge in [0, 0.05) is 22.7 Å². The molecule has 8 heteroatoms. The maximum atomic E-state index is 11.8.